The Bertz CT molecular complexity index is 200. The molecule has 10 heavy (non-hydrogen) atoms. The molecule has 0 heterocycles. The van der Waals surface area contributed by atoms with Crippen LogP contribution in [0.2, 0.25) is 0 Å². The molecule has 2 heteroatoms. The van der Waals surface area contributed by atoms with Crippen LogP contribution in [0.25, 0.3) is 0 Å². The average Bonchev–Trinajstić information content (AvgIpc) is 1.90. The zero-order chi connectivity index (χ0) is 5.82. The molecule has 0 spiro atoms. The standard InChI is InChI=1S/C7H4N.CH3.Zn/c8-6-7-4-2-1-3-5-7;;/h1-2,4-5H;1H3;/q2*-1;+2. The van der Waals surface area contributed by atoms with E-state index in [0.717, 1.165) is 0 Å². The predicted octanol–water partition coefficient (Wildman–Crippen LogP) is 1.81. The van der Waals surface area contributed by atoms with E-state index in [9.17, 15) is 0 Å². The first-order chi connectivity index (χ1) is 3.93. The summed E-state index contributed by atoms with van der Waals surface area (Å²) in [7, 11) is 0. The van der Waals surface area contributed by atoms with Gasteiger partial charge in [0.2, 0.25) is 0 Å². The molecule has 0 radical (unpaired) electrons. The van der Waals surface area contributed by atoms with Crippen LogP contribution in [0, 0.1) is 24.8 Å². The third kappa shape index (κ3) is 3.38. The summed E-state index contributed by atoms with van der Waals surface area (Å²) in [5.74, 6) is 0. The van der Waals surface area contributed by atoms with Crippen LogP contribution in [0.5, 0.6) is 0 Å². The number of rotatable bonds is 0. The molecule has 1 nitrogen and oxygen atoms in total. The maximum absolute atomic E-state index is 8.27. The molecule has 0 amide bonds. The van der Waals surface area contributed by atoms with Crippen molar-refractivity contribution >= 4 is 0 Å². The fourth-order valence-electron chi connectivity index (χ4n) is 0.463. The number of hydrogen-bond donors (Lipinski definition) is 0. The van der Waals surface area contributed by atoms with Crippen LogP contribution < -0.4 is 0 Å². The van der Waals surface area contributed by atoms with E-state index in [4.69, 9.17) is 5.26 Å². The van der Waals surface area contributed by atoms with Gasteiger partial charge in [0.05, 0.1) is 0 Å². The summed E-state index contributed by atoms with van der Waals surface area (Å²) in [6.45, 7) is 0. The number of hydrogen-bond acceptors (Lipinski definition) is 1. The molecule has 0 aliphatic heterocycles. The van der Waals surface area contributed by atoms with Gasteiger partial charge in [-0.25, -0.2) is 5.26 Å². The summed E-state index contributed by atoms with van der Waals surface area (Å²) < 4.78 is 0. The van der Waals surface area contributed by atoms with Gasteiger partial charge in [-0.1, -0.05) is 5.56 Å². The van der Waals surface area contributed by atoms with Crippen molar-refractivity contribution in [2.45, 2.75) is 0 Å². The SMILES string of the molecule is N#Cc1c[c-]ccc1.[CH3-].[Zn+2]. The van der Waals surface area contributed by atoms with Gasteiger partial charge < -0.3 is 7.43 Å². The van der Waals surface area contributed by atoms with E-state index in [2.05, 4.69) is 6.07 Å². The van der Waals surface area contributed by atoms with Crippen molar-refractivity contribution in [1.82, 2.24) is 0 Å². The minimum absolute atomic E-state index is 0. The fraction of sp³-hybridized carbons (Fsp3) is 0. The van der Waals surface area contributed by atoms with Crippen molar-refractivity contribution < 1.29 is 19.5 Å². The largest absolute Gasteiger partial charge is 2.00 e. The molecule has 1 rings (SSSR count). The zero-order valence-corrected chi connectivity index (χ0v) is 8.93. The molecule has 0 aliphatic rings. The van der Waals surface area contributed by atoms with Crippen molar-refractivity contribution in [3.63, 3.8) is 0 Å². The zero-order valence-electron chi connectivity index (χ0n) is 5.96. The van der Waals surface area contributed by atoms with Crippen LogP contribution in [0.1, 0.15) is 5.56 Å². The topological polar surface area (TPSA) is 23.8 Å². The molecule has 0 unspecified atom stereocenters. The van der Waals surface area contributed by atoms with Gasteiger partial charge in [0.15, 0.2) is 0 Å². The maximum atomic E-state index is 8.27. The third-order valence-corrected chi connectivity index (χ3v) is 0.836. The minimum Gasteiger partial charge on any atom is -0.358 e. The number of nitrogens with zero attached hydrogens (tertiary/aromatic N) is 1. The second-order valence-electron chi connectivity index (χ2n) is 1.40. The van der Waals surface area contributed by atoms with Gasteiger partial charge in [0.25, 0.3) is 0 Å². The van der Waals surface area contributed by atoms with Gasteiger partial charge in [-0.3, -0.25) is 0 Å². The van der Waals surface area contributed by atoms with Gasteiger partial charge >= 0.3 is 19.5 Å². The maximum Gasteiger partial charge on any atom is 2.00 e. The Hall–Kier alpha value is -0.667. The Morgan fingerprint density at radius 3 is 2.50 bits per heavy atom. The van der Waals surface area contributed by atoms with Crippen molar-refractivity contribution in [2.75, 3.05) is 0 Å². The van der Waals surface area contributed by atoms with E-state index in [1.54, 1.807) is 24.3 Å². The molecule has 0 aliphatic carbocycles. The second-order valence-corrected chi connectivity index (χ2v) is 1.40. The molecule has 0 bridgehead atoms. The Labute approximate surface area is 74.4 Å². The molecule has 46 valence electrons. The van der Waals surface area contributed by atoms with Crippen LogP contribution in [0.15, 0.2) is 24.3 Å². The first-order valence-electron chi connectivity index (χ1n) is 2.29. The summed E-state index contributed by atoms with van der Waals surface area (Å²) in [4.78, 5) is 0. The minimum atomic E-state index is 0. The average molecular weight is 183 g/mol. The van der Waals surface area contributed by atoms with Gasteiger partial charge in [0, 0.05) is 6.07 Å². The van der Waals surface area contributed by atoms with E-state index >= 15 is 0 Å². The molecule has 1 aromatic rings. The van der Waals surface area contributed by atoms with Crippen LogP contribution in [0.3, 0.4) is 0 Å². The Kier molecular flexibility index (Phi) is 7.78. The van der Waals surface area contributed by atoms with Gasteiger partial charge in [-0.2, -0.15) is 30.3 Å². The molecule has 0 saturated heterocycles. The molecule has 1 aromatic carbocycles. The smallest absolute Gasteiger partial charge is 0.358 e. The van der Waals surface area contributed by atoms with Gasteiger partial charge in [0.1, 0.15) is 0 Å². The molecule has 0 N–H and O–H groups in total. The van der Waals surface area contributed by atoms with Gasteiger partial charge in [-0.05, 0) is 0 Å². The summed E-state index contributed by atoms with van der Waals surface area (Å²) in [5, 5.41) is 8.27. The quantitative estimate of drug-likeness (QED) is 0.443. The van der Waals surface area contributed by atoms with E-state index in [1.807, 2.05) is 6.07 Å². The first kappa shape index (κ1) is 12.1. The van der Waals surface area contributed by atoms with Crippen LogP contribution in [0.4, 0.5) is 0 Å². The summed E-state index contributed by atoms with van der Waals surface area (Å²) in [6.07, 6.45) is 0. The summed E-state index contributed by atoms with van der Waals surface area (Å²) >= 11 is 0. The molecule has 0 aromatic heterocycles. The summed E-state index contributed by atoms with van der Waals surface area (Å²) in [6, 6.07) is 11.7. The van der Waals surface area contributed by atoms with Gasteiger partial charge in [-0.15, -0.1) is 0 Å². The van der Waals surface area contributed by atoms with Crippen molar-refractivity contribution in [1.29, 1.82) is 5.26 Å². The van der Waals surface area contributed by atoms with E-state index in [0.29, 0.717) is 5.56 Å². The Morgan fingerprint density at radius 1 is 1.50 bits per heavy atom. The molecular formula is C8H7NZn. The predicted molar refractivity (Wildman–Crippen MR) is 36.4 cm³/mol. The van der Waals surface area contributed by atoms with E-state index in [1.165, 1.54) is 0 Å². The molecular weight excluding hydrogens is 175 g/mol. The second kappa shape index (κ2) is 6.45. The first-order valence-corrected chi connectivity index (χ1v) is 2.29. The van der Waals surface area contributed by atoms with E-state index < -0.39 is 0 Å². The Balaban J connectivity index is 0. The van der Waals surface area contributed by atoms with Crippen molar-refractivity contribution in [3.05, 3.63) is 43.3 Å². The Morgan fingerprint density at radius 2 is 2.20 bits per heavy atom. The normalized spacial score (nSPS) is 6.30. The van der Waals surface area contributed by atoms with Crippen LogP contribution >= 0.6 is 0 Å². The molecule has 0 atom stereocenters. The number of nitriles is 1. The van der Waals surface area contributed by atoms with Crippen molar-refractivity contribution in [2.24, 2.45) is 0 Å². The van der Waals surface area contributed by atoms with E-state index in [-0.39, 0.29) is 26.9 Å². The third-order valence-electron chi connectivity index (χ3n) is 0.836. The van der Waals surface area contributed by atoms with Crippen LogP contribution in [-0.4, -0.2) is 0 Å². The summed E-state index contributed by atoms with van der Waals surface area (Å²) in [5.41, 5.74) is 0.660. The fourth-order valence-corrected chi connectivity index (χ4v) is 0.463. The molecule has 0 fully saturated rings. The molecule has 0 saturated carbocycles. The number of benzene rings is 1. The van der Waals surface area contributed by atoms with Crippen LogP contribution in [-0.2, 0) is 19.5 Å². The monoisotopic (exact) mass is 181 g/mol. The van der Waals surface area contributed by atoms with Crippen molar-refractivity contribution in [3.8, 4) is 6.07 Å².